The molecule has 0 bridgehead atoms. The van der Waals surface area contributed by atoms with Gasteiger partial charge in [0, 0.05) is 37.3 Å². The van der Waals surface area contributed by atoms with Crippen LogP contribution in [0.15, 0.2) is 54.9 Å². The molecule has 1 saturated carbocycles. The van der Waals surface area contributed by atoms with Gasteiger partial charge in [-0.3, -0.25) is 9.69 Å². The van der Waals surface area contributed by atoms with Crippen LogP contribution in [0.25, 0.3) is 28.0 Å². The van der Waals surface area contributed by atoms with E-state index in [1.54, 1.807) is 26.3 Å². The zero-order chi connectivity index (χ0) is 27.0. The third-order valence-electron chi connectivity index (χ3n) is 6.87. The van der Waals surface area contributed by atoms with Crippen molar-refractivity contribution in [1.29, 1.82) is 0 Å². The second-order valence-electron chi connectivity index (χ2n) is 9.51. The summed E-state index contributed by atoms with van der Waals surface area (Å²) >= 11 is 0. The number of nitrogen functional groups attached to an aromatic ring is 1. The number of methoxy groups -OCH3 is 1. The van der Waals surface area contributed by atoms with Gasteiger partial charge in [0.15, 0.2) is 5.65 Å². The lowest BCUT2D eigenvalue weighted by Gasteiger charge is -2.17. The van der Waals surface area contributed by atoms with Crippen molar-refractivity contribution in [2.75, 3.05) is 38.4 Å². The van der Waals surface area contributed by atoms with E-state index in [0.717, 1.165) is 11.1 Å². The molecule has 5 rings (SSSR count). The summed E-state index contributed by atoms with van der Waals surface area (Å²) in [5.41, 5.74) is 9.55. The Hall–Kier alpha value is -4.31. The van der Waals surface area contributed by atoms with Crippen molar-refractivity contribution in [2.24, 2.45) is 0 Å². The number of hydrogen-bond donors (Lipinski definition) is 1. The average molecular weight is 516 g/mol. The standard InChI is InChI=1S/C28H30FN7O2/c1-17-7-8-18(14-23(17)38-4)26-25-27(30)31-16-32-28(25)36(33-26)20-11-12-22(21(29)15-20)35(3)24(37)6-5-13-34(2)19-9-10-19/h5-8,11-12,14-16,19H,9-10,13H2,1-4H3,(H2,30,31,32). The fraction of sp³-hybridized carbons (Fsp3) is 0.286. The lowest BCUT2D eigenvalue weighted by Crippen LogP contribution is -2.26. The van der Waals surface area contributed by atoms with E-state index in [1.165, 1.54) is 40.9 Å². The summed E-state index contributed by atoms with van der Waals surface area (Å²) in [6.45, 7) is 2.63. The van der Waals surface area contributed by atoms with Gasteiger partial charge in [0.2, 0.25) is 0 Å². The zero-order valence-corrected chi connectivity index (χ0v) is 21.8. The lowest BCUT2D eigenvalue weighted by atomic mass is 10.1. The normalized spacial score (nSPS) is 13.5. The number of carbonyl (C=O) groups is 1. The maximum atomic E-state index is 15.3. The number of nitrogens with zero attached hydrogens (tertiary/aromatic N) is 6. The topological polar surface area (TPSA) is 102 Å². The van der Waals surface area contributed by atoms with Crippen molar-refractivity contribution in [1.82, 2.24) is 24.6 Å². The molecule has 1 fully saturated rings. The molecular weight excluding hydrogens is 485 g/mol. The van der Waals surface area contributed by atoms with Crippen LogP contribution in [0.5, 0.6) is 5.75 Å². The number of fused-ring (bicyclic) bond motifs is 1. The highest BCUT2D eigenvalue weighted by Gasteiger charge is 2.25. The summed E-state index contributed by atoms with van der Waals surface area (Å²) in [6, 6.07) is 10.9. The number of nitrogens with two attached hydrogens (primary N) is 1. The summed E-state index contributed by atoms with van der Waals surface area (Å²) in [6.07, 6.45) is 7.03. The highest BCUT2D eigenvalue weighted by molar-refractivity contribution is 6.01. The highest BCUT2D eigenvalue weighted by atomic mass is 19.1. The number of likely N-dealkylation sites (N-methyl/N-ethyl adjacent to an activating group) is 2. The first-order valence-electron chi connectivity index (χ1n) is 12.4. The van der Waals surface area contributed by atoms with Crippen molar-refractivity contribution in [3.63, 3.8) is 0 Å². The molecule has 4 aromatic rings. The van der Waals surface area contributed by atoms with E-state index in [9.17, 15) is 4.79 Å². The molecule has 0 aliphatic heterocycles. The molecule has 2 aromatic carbocycles. The number of carbonyl (C=O) groups excluding carboxylic acids is 1. The van der Waals surface area contributed by atoms with E-state index < -0.39 is 5.82 Å². The SMILES string of the molecule is COc1cc(-c2nn(-c3ccc(N(C)C(=O)C=CCN(C)C4CC4)c(F)c3)c3ncnc(N)c23)ccc1C. The Morgan fingerprint density at radius 1 is 1.21 bits per heavy atom. The second kappa shape index (κ2) is 10.2. The Morgan fingerprint density at radius 2 is 2.00 bits per heavy atom. The molecule has 1 aliphatic rings. The van der Waals surface area contributed by atoms with Crippen molar-refractivity contribution in [3.8, 4) is 22.7 Å². The van der Waals surface area contributed by atoms with Gasteiger partial charge >= 0.3 is 0 Å². The maximum absolute atomic E-state index is 15.3. The summed E-state index contributed by atoms with van der Waals surface area (Å²) in [7, 11) is 5.19. The number of amides is 1. The number of halogens is 1. The fourth-order valence-corrected chi connectivity index (χ4v) is 4.44. The molecule has 10 heteroatoms. The van der Waals surface area contributed by atoms with Crippen LogP contribution >= 0.6 is 0 Å². The van der Waals surface area contributed by atoms with Crippen molar-refractivity contribution >= 4 is 28.4 Å². The van der Waals surface area contributed by atoms with Crippen LogP contribution in [0.3, 0.4) is 0 Å². The molecular formula is C28H30FN7O2. The van der Waals surface area contributed by atoms with E-state index in [0.29, 0.717) is 40.8 Å². The average Bonchev–Trinajstić information content (AvgIpc) is 3.69. The Kier molecular flexibility index (Phi) is 6.81. The molecule has 0 spiro atoms. The Balaban J connectivity index is 1.47. The molecule has 0 saturated heterocycles. The van der Waals surface area contributed by atoms with Crippen LogP contribution in [0.4, 0.5) is 15.9 Å². The van der Waals surface area contributed by atoms with Crippen molar-refractivity contribution in [3.05, 3.63) is 66.3 Å². The van der Waals surface area contributed by atoms with Crippen LogP contribution in [-0.2, 0) is 4.79 Å². The van der Waals surface area contributed by atoms with Gasteiger partial charge in [0.25, 0.3) is 5.91 Å². The van der Waals surface area contributed by atoms with Gasteiger partial charge in [-0.1, -0.05) is 18.2 Å². The summed E-state index contributed by atoms with van der Waals surface area (Å²) in [5.74, 6) is 0.0990. The van der Waals surface area contributed by atoms with E-state index in [-0.39, 0.29) is 17.4 Å². The highest BCUT2D eigenvalue weighted by Crippen LogP contribution is 2.34. The van der Waals surface area contributed by atoms with Crippen molar-refractivity contribution in [2.45, 2.75) is 25.8 Å². The molecule has 2 heterocycles. The van der Waals surface area contributed by atoms with Crippen LogP contribution in [0.1, 0.15) is 18.4 Å². The van der Waals surface area contributed by atoms with Crippen LogP contribution in [-0.4, -0.2) is 64.3 Å². The minimum atomic E-state index is -0.564. The minimum Gasteiger partial charge on any atom is -0.496 e. The number of rotatable bonds is 8. The molecule has 1 amide bonds. The Morgan fingerprint density at radius 3 is 2.71 bits per heavy atom. The van der Waals surface area contributed by atoms with Gasteiger partial charge in [0.1, 0.15) is 29.4 Å². The van der Waals surface area contributed by atoms with Gasteiger partial charge in [-0.2, -0.15) is 5.10 Å². The fourth-order valence-electron chi connectivity index (χ4n) is 4.44. The largest absolute Gasteiger partial charge is 0.496 e. The number of hydrogen-bond acceptors (Lipinski definition) is 7. The van der Waals surface area contributed by atoms with Crippen molar-refractivity contribution < 1.29 is 13.9 Å². The Labute approximate surface area is 220 Å². The number of ether oxygens (including phenoxy) is 1. The zero-order valence-electron chi connectivity index (χ0n) is 21.8. The molecule has 0 unspecified atom stereocenters. The molecule has 0 atom stereocenters. The summed E-state index contributed by atoms with van der Waals surface area (Å²) in [5, 5.41) is 5.29. The first kappa shape index (κ1) is 25.3. The van der Waals surface area contributed by atoms with Gasteiger partial charge in [0.05, 0.1) is 23.9 Å². The van der Waals surface area contributed by atoms with Gasteiger partial charge in [-0.15, -0.1) is 0 Å². The van der Waals surface area contributed by atoms with Crippen LogP contribution < -0.4 is 15.4 Å². The van der Waals surface area contributed by atoms with Crippen LogP contribution in [0.2, 0.25) is 0 Å². The quantitative estimate of drug-likeness (QED) is 0.352. The van der Waals surface area contributed by atoms with E-state index in [1.807, 2.05) is 38.2 Å². The van der Waals surface area contributed by atoms with E-state index >= 15 is 4.39 Å². The monoisotopic (exact) mass is 515 g/mol. The Bertz CT molecular complexity index is 1540. The van der Waals surface area contributed by atoms with Gasteiger partial charge in [-0.25, -0.2) is 19.0 Å². The summed E-state index contributed by atoms with van der Waals surface area (Å²) < 4.78 is 22.3. The smallest absolute Gasteiger partial charge is 0.250 e. The number of aryl methyl sites for hydroxylation is 1. The third kappa shape index (κ3) is 4.82. The minimum absolute atomic E-state index is 0.160. The number of aromatic nitrogens is 4. The molecule has 9 nitrogen and oxygen atoms in total. The van der Waals surface area contributed by atoms with E-state index in [2.05, 4.69) is 14.9 Å². The first-order valence-corrected chi connectivity index (χ1v) is 12.4. The van der Waals surface area contributed by atoms with Gasteiger partial charge in [-0.05, 0) is 50.6 Å². The molecule has 2 aromatic heterocycles. The van der Waals surface area contributed by atoms with E-state index in [4.69, 9.17) is 15.6 Å². The predicted octanol–water partition coefficient (Wildman–Crippen LogP) is 4.13. The number of benzene rings is 2. The second-order valence-corrected chi connectivity index (χ2v) is 9.51. The lowest BCUT2D eigenvalue weighted by molar-refractivity contribution is -0.113. The predicted molar refractivity (Wildman–Crippen MR) is 146 cm³/mol. The van der Waals surface area contributed by atoms with Gasteiger partial charge < -0.3 is 15.4 Å². The molecule has 1 aliphatic carbocycles. The first-order chi connectivity index (χ1) is 18.3. The third-order valence-corrected chi connectivity index (χ3v) is 6.87. The van der Waals surface area contributed by atoms with Crippen LogP contribution in [0, 0.1) is 12.7 Å². The molecule has 38 heavy (non-hydrogen) atoms. The molecule has 196 valence electrons. The summed E-state index contributed by atoms with van der Waals surface area (Å²) in [4.78, 5) is 24.7. The number of anilines is 2. The molecule has 0 radical (unpaired) electrons. The maximum Gasteiger partial charge on any atom is 0.250 e. The molecule has 2 N–H and O–H groups in total.